The van der Waals surface area contributed by atoms with Gasteiger partial charge in [0, 0.05) is 6.61 Å². The summed E-state index contributed by atoms with van der Waals surface area (Å²) in [5.41, 5.74) is 0. The van der Waals surface area contributed by atoms with Crippen molar-refractivity contribution in [2.75, 3.05) is 6.61 Å². The molecular formula is C10H22O. The number of hydrogen-bond acceptors (Lipinski definition) is 1. The van der Waals surface area contributed by atoms with Gasteiger partial charge in [-0.25, -0.2) is 0 Å². The standard InChI is InChI=1S/C10H22O/c1-4-9(2)8-10(3)6-5-7-11/h9-11H,4-8H2,1-3H3/t9-,10+/m1/s1. The Morgan fingerprint density at radius 2 is 1.82 bits per heavy atom. The lowest BCUT2D eigenvalue weighted by Crippen LogP contribution is -2.02. The van der Waals surface area contributed by atoms with Gasteiger partial charge in [-0.2, -0.15) is 0 Å². The zero-order valence-corrected chi connectivity index (χ0v) is 8.14. The van der Waals surface area contributed by atoms with Crippen molar-refractivity contribution in [3.8, 4) is 0 Å². The lowest BCUT2D eigenvalue weighted by Gasteiger charge is -2.14. The Labute approximate surface area is 70.8 Å². The van der Waals surface area contributed by atoms with Crippen molar-refractivity contribution in [1.82, 2.24) is 0 Å². The molecular weight excluding hydrogens is 136 g/mol. The molecule has 0 saturated heterocycles. The minimum absolute atomic E-state index is 0.352. The smallest absolute Gasteiger partial charge is 0.0431 e. The molecule has 0 aromatic heterocycles. The molecule has 1 nitrogen and oxygen atoms in total. The predicted molar refractivity (Wildman–Crippen MR) is 49.6 cm³/mol. The second-order valence-electron chi connectivity index (χ2n) is 3.72. The van der Waals surface area contributed by atoms with Crippen LogP contribution in [-0.4, -0.2) is 11.7 Å². The number of hydrogen-bond donors (Lipinski definition) is 1. The van der Waals surface area contributed by atoms with Gasteiger partial charge in [0.25, 0.3) is 0 Å². The van der Waals surface area contributed by atoms with E-state index in [4.69, 9.17) is 5.11 Å². The zero-order chi connectivity index (χ0) is 8.69. The quantitative estimate of drug-likeness (QED) is 0.630. The largest absolute Gasteiger partial charge is 0.396 e. The first kappa shape index (κ1) is 11.0. The number of rotatable bonds is 6. The van der Waals surface area contributed by atoms with Crippen LogP contribution in [0.25, 0.3) is 0 Å². The molecule has 0 unspecified atom stereocenters. The molecule has 0 saturated carbocycles. The third-order valence-electron chi connectivity index (χ3n) is 2.36. The van der Waals surface area contributed by atoms with Crippen molar-refractivity contribution in [3.05, 3.63) is 0 Å². The molecule has 0 fully saturated rings. The Morgan fingerprint density at radius 1 is 1.18 bits per heavy atom. The van der Waals surface area contributed by atoms with E-state index in [1.54, 1.807) is 0 Å². The van der Waals surface area contributed by atoms with Crippen molar-refractivity contribution in [2.24, 2.45) is 11.8 Å². The summed E-state index contributed by atoms with van der Waals surface area (Å²) >= 11 is 0. The molecule has 0 aromatic rings. The molecule has 1 N–H and O–H groups in total. The lowest BCUT2D eigenvalue weighted by atomic mass is 9.92. The third kappa shape index (κ3) is 6.36. The van der Waals surface area contributed by atoms with E-state index in [0.29, 0.717) is 6.61 Å². The van der Waals surface area contributed by atoms with Crippen LogP contribution in [0.5, 0.6) is 0 Å². The molecule has 1 heteroatoms. The van der Waals surface area contributed by atoms with E-state index in [0.717, 1.165) is 18.3 Å². The van der Waals surface area contributed by atoms with Crippen LogP contribution in [0.1, 0.15) is 46.5 Å². The van der Waals surface area contributed by atoms with E-state index in [-0.39, 0.29) is 0 Å². The predicted octanol–water partition coefficient (Wildman–Crippen LogP) is 2.83. The zero-order valence-electron chi connectivity index (χ0n) is 8.14. The molecule has 0 aliphatic carbocycles. The SMILES string of the molecule is CC[C@@H](C)C[C@@H](C)CCCO. The van der Waals surface area contributed by atoms with Crippen LogP contribution in [0.3, 0.4) is 0 Å². The first-order valence-electron chi connectivity index (χ1n) is 4.81. The second kappa shape index (κ2) is 6.66. The number of aliphatic hydroxyl groups excluding tert-OH is 1. The fraction of sp³-hybridized carbons (Fsp3) is 1.00. The van der Waals surface area contributed by atoms with Crippen molar-refractivity contribution < 1.29 is 5.11 Å². The maximum atomic E-state index is 8.61. The monoisotopic (exact) mass is 158 g/mol. The highest BCUT2D eigenvalue weighted by molar-refractivity contribution is 4.58. The van der Waals surface area contributed by atoms with Crippen LogP contribution in [0, 0.1) is 11.8 Å². The molecule has 0 spiro atoms. The molecule has 0 heterocycles. The molecule has 0 radical (unpaired) electrons. The van der Waals surface area contributed by atoms with Crippen molar-refractivity contribution in [1.29, 1.82) is 0 Å². The van der Waals surface area contributed by atoms with Crippen LogP contribution < -0.4 is 0 Å². The molecule has 0 rings (SSSR count). The van der Waals surface area contributed by atoms with E-state index in [9.17, 15) is 0 Å². The fourth-order valence-electron chi connectivity index (χ4n) is 1.41. The Balaban J connectivity index is 3.27. The summed E-state index contributed by atoms with van der Waals surface area (Å²) in [5, 5.41) is 8.61. The van der Waals surface area contributed by atoms with Gasteiger partial charge in [-0.1, -0.05) is 27.2 Å². The average Bonchev–Trinajstić information content (AvgIpc) is 2.00. The first-order chi connectivity index (χ1) is 5.20. The summed E-state index contributed by atoms with van der Waals surface area (Å²) in [5.74, 6) is 1.64. The van der Waals surface area contributed by atoms with E-state index < -0.39 is 0 Å². The van der Waals surface area contributed by atoms with E-state index >= 15 is 0 Å². The van der Waals surface area contributed by atoms with Gasteiger partial charge in [0.1, 0.15) is 0 Å². The lowest BCUT2D eigenvalue weighted by molar-refractivity contribution is 0.265. The van der Waals surface area contributed by atoms with E-state index in [2.05, 4.69) is 20.8 Å². The van der Waals surface area contributed by atoms with Crippen molar-refractivity contribution in [2.45, 2.75) is 46.5 Å². The van der Waals surface area contributed by atoms with Gasteiger partial charge in [-0.05, 0) is 31.1 Å². The molecule has 11 heavy (non-hydrogen) atoms. The van der Waals surface area contributed by atoms with Crippen LogP contribution in [0.15, 0.2) is 0 Å². The molecule has 0 aliphatic rings. The molecule has 0 amide bonds. The van der Waals surface area contributed by atoms with Gasteiger partial charge in [-0.3, -0.25) is 0 Å². The van der Waals surface area contributed by atoms with Crippen LogP contribution in [-0.2, 0) is 0 Å². The molecule has 0 bridgehead atoms. The highest BCUT2D eigenvalue weighted by atomic mass is 16.2. The Hall–Kier alpha value is -0.0400. The van der Waals surface area contributed by atoms with E-state index in [1.807, 2.05) is 0 Å². The summed E-state index contributed by atoms with van der Waals surface area (Å²) < 4.78 is 0. The Morgan fingerprint density at radius 3 is 2.27 bits per heavy atom. The topological polar surface area (TPSA) is 20.2 Å². The van der Waals surface area contributed by atoms with Crippen molar-refractivity contribution >= 4 is 0 Å². The fourth-order valence-corrected chi connectivity index (χ4v) is 1.41. The maximum absolute atomic E-state index is 8.61. The van der Waals surface area contributed by atoms with Gasteiger partial charge in [0.05, 0.1) is 0 Å². The highest BCUT2D eigenvalue weighted by Gasteiger charge is 2.05. The van der Waals surface area contributed by atoms with Crippen LogP contribution in [0.2, 0.25) is 0 Å². The summed E-state index contributed by atoms with van der Waals surface area (Å²) in [6, 6.07) is 0. The Kier molecular flexibility index (Phi) is 6.63. The molecule has 0 aliphatic heterocycles. The highest BCUT2D eigenvalue weighted by Crippen LogP contribution is 2.18. The summed E-state index contributed by atoms with van der Waals surface area (Å²) in [7, 11) is 0. The second-order valence-corrected chi connectivity index (χ2v) is 3.72. The normalized spacial score (nSPS) is 16.4. The minimum atomic E-state index is 0.352. The summed E-state index contributed by atoms with van der Waals surface area (Å²) in [4.78, 5) is 0. The minimum Gasteiger partial charge on any atom is -0.396 e. The van der Waals surface area contributed by atoms with Crippen LogP contribution in [0.4, 0.5) is 0 Å². The maximum Gasteiger partial charge on any atom is 0.0431 e. The van der Waals surface area contributed by atoms with Crippen molar-refractivity contribution in [3.63, 3.8) is 0 Å². The van der Waals surface area contributed by atoms with E-state index in [1.165, 1.54) is 19.3 Å². The van der Waals surface area contributed by atoms with Gasteiger partial charge >= 0.3 is 0 Å². The Bertz CT molecular complexity index is 80.9. The summed E-state index contributed by atoms with van der Waals surface area (Å²) in [6.07, 6.45) is 4.75. The van der Waals surface area contributed by atoms with Gasteiger partial charge in [0.15, 0.2) is 0 Å². The average molecular weight is 158 g/mol. The van der Waals surface area contributed by atoms with Gasteiger partial charge in [-0.15, -0.1) is 0 Å². The number of aliphatic hydroxyl groups is 1. The first-order valence-corrected chi connectivity index (χ1v) is 4.81. The molecule has 0 aromatic carbocycles. The van der Waals surface area contributed by atoms with Crippen LogP contribution >= 0.6 is 0 Å². The molecule has 68 valence electrons. The van der Waals surface area contributed by atoms with Gasteiger partial charge in [0.2, 0.25) is 0 Å². The van der Waals surface area contributed by atoms with Gasteiger partial charge < -0.3 is 5.11 Å². The summed E-state index contributed by atoms with van der Waals surface area (Å²) in [6.45, 7) is 7.17. The third-order valence-corrected chi connectivity index (χ3v) is 2.36. The molecule has 2 atom stereocenters.